The van der Waals surface area contributed by atoms with Gasteiger partial charge in [0.05, 0.1) is 6.42 Å². The molecule has 0 bridgehead atoms. The van der Waals surface area contributed by atoms with Crippen LogP contribution in [-0.4, -0.2) is 21.1 Å². The van der Waals surface area contributed by atoms with Gasteiger partial charge in [-0.2, -0.15) is 4.98 Å². The average molecular weight is 342 g/mol. The van der Waals surface area contributed by atoms with Gasteiger partial charge in [-0.25, -0.2) is 0 Å². The summed E-state index contributed by atoms with van der Waals surface area (Å²) in [6.45, 7) is 1.78. The molecule has 0 aliphatic heterocycles. The summed E-state index contributed by atoms with van der Waals surface area (Å²) in [5, 5.41) is 9.15. The van der Waals surface area contributed by atoms with Gasteiger partial charge in [0.15, 0.2) is 0 Å². The zero-order valence-corrected chi connectivity index (χ0v) is 11.4. The summed E-state index contributed by atoms with van der Waals surface area (Å²) in [7, 11) is 0. The maximum absolute atomic E-state index is 11.7. The van der Waals surface area contributed by atoms with Crippen LogP contribution in [-0.2, 0) is 11.2 Å². The first kappa shape index (κ1) is 12.0. The second kappa shape index (κ2) is 5.26. The molecular weight excluding hydrogens is 331 g/mol. The number of H-pyrrole nitrogens is 1. The Balaban J connectivity index is 1.98. The number of rotatable bonds is 3. The molecule has 1 amide bonds. The fourth-order valence-electron chi connectivity index (χ4n) is 1.40. The topological polar surface area (TPSA) is 70.7 Å². The van der Waals surface area contributed by atoms with Crippen LogP contribution in [0.1, 0.15) is 11.4 Å². The molecule has 0 radical (unpaired) electrons. The van der Waals surface area contributed by atoms with E-state index in [-0.39, 0.29) is 5.91 Å². The first-order valence-electron chi connectivity index (χ1n) is 5.07. The van der Waals surface area contributed by atoms with Gasteiger partial charge in [-0.05, 0) is 47.2 Å². The largest absolute Gasteiger partial charge is 0.293 e. The van der Waals surface area contributed by atoms with Gasteiger partial charge < -0.3 is 0 Å². The van der Waals surface area contributed by atoms with Crippen molar-refractivity contribution in [3.05, 3.63) is 39.2 Å². The molecular formula is C11H11IN4O. The summed E-state index contributed by atoms with van der Waals surface area (Å²) in [5.74, 6) is 0.874. The smallest absolute Gasteiger partial charge is 0.248 e. The van der Waals surface area contributed by atoms with Crippen LogP contribution in [0.2, 0.25) is 0 Å². The standard InChI is InChI=1S/C11H11IN4O/c1-7-13-11(16-15-7)14-10(17)6-8-3-2-4-9(12)5-8/h2-5H,6H2,1H3,(H2,13,14,15,16,17). The van der Waals surface area contributed by atoms with Crippen LogP contribution in [0.25, 0.3) is 0 Å². The molecule has 0 saturated heterocycles. The van der Waals surface area contributed by atoms with Crippen molar-refractivity contribution in [3.8, 4) is 0 Å². The van der Waals surface area contributed by atoms with Crippen molar-refractivity contribution in [3.63, 3.8) is 0 Å². The quantitative estimate of drug-likeness (QED) is 0.837. The third-order valence-corrected chi connectivity index (χ3v) is 2.77. The molecule has 0 saturated carbocycles. The van der Waals surface area contributed by atoms with Gasteiger partial charge >= 0.3 is 0 Å². The Bertz CT molecular complexity index is 538. The van der Waals surface area contributed by atoms with Gasteiger partial charge in [-0.15, -0.1) is 5.10 Å². The Morgan fingerprint density at radius 3 is 3.00 bits per heavy atom. The van der Waals surface area contributed by atoms with E-state index >= 15 is 0 Å². The molecule has 2 aromatic rings. The highest BCUT2D eigenvalue weighted by Gasteiger charge is 2.07. The monoisotopic (exact) mass is 342 g/mol. The molecule has 0 atom stereocenters. The number of halogens is 1. The summed E-state index contributed by atoms with van der Waals surface area (Å²) in [4.78, 5) is 15.7. The van der Waals surface area contributed by atoms with Crippen molar-refractivity contribution in [1.82, 2.24) is 15.2 Å². The Labute approximate surface area is 112 Å². The van der Waals surface area contributed by atoms with Crippen molar-refractivity contribution in [2.75, 3.05) is 5.32 Å². The lowest BCUT2D eigenvalue weighted by Crippen LogP contribution is -2.15. The maximum Gasteiger partial charge on any atom is 0.248 e. The Hall–Kier alpha value is -1.44. The van der Waals surface area contributed by atoms with E-state index in [9.17, 15) is 4.79 Å². The van der Waals surface area contributed by atoms with Gasteiger partial charge in [0.25, 0.3) is 0 Å². The number of nitrogens with zero attached hydrogens (tertiary/aromatic N) is 2. The molecule has 0 unspecified atom stereocenters. The van der Waals surface area contributed by atoms with E-state index in [4.69, 9.17) is 0 Å². The van der Waals surface area contributed by atoms with Crippen LogP contribution in [0.4, 0.5) is 5.95 Å². The van der Waals surface area contributed by atoms with Gasteiger partial charge in [0, 0.05) is 3.57 Å². The second-order valence-corrected chi connectivity index (χ2v) is 4.84. The first-order chi connectivity index (χ1) is 8.13. The summed E-state index contributed by atoms with van der Waals surface area (Å²) in [6, 6.07) is 7.82. The average Bonchev–Trinajstić information content (AvgIpc) is 2.63. The van der Waals surface area contributed by atoms with Crippen molar-refractivity contribution in [2.24, 2.45) is 0 Å². The van der Waals surface area contributed by atoms with E-state index in [2.05, 4.69) is 43.1 Å². The number of aromatic nitrogens is 3. The zero-order valence-electron chi connectivity index (χ0n) is 9.20. The Kier molecular flexibility index (Phi) is 3.72. The lowest BCUT2D eigenvalue weighted by Gasteiger charge is -2.01. The van der Waals surface area contributed by atoms with E-state index < -0.39 is 0 Å². The molecule has 1 aromatic carbocycles. The number of amides is 1. The number of aryl methyl sites for hydroxylation is 1. The molecule has 2 rings (SSSR count). The van der Waals surface area contributed by atoms with Gasteiger partial charge in [-0.3, -0.25) is 15.2 Å². The van der Waals surface area contributed by atoms with Crippen molar-refractivity contribution >= 4 is 34.4 Å². The number of benzene rings is 1. The number of carbonyl (C=O) groups excluding carboxylic acids is 1. The lowest BCUT2D eigenvalue weighted by atomic mass is 10.1. The van der Waals surface area contributed by atoms with Crippen LogP contribution in [0.3, 0.4) is 0 Å². The molecule has 0 aliphatic carbocycles. The summed E-state index contributed by atoms with van der Waals surface area (Å²) in [5.41, 5.74) is 0.974. The molecule has 0 spiro atoms. The minimum absolute atomic E-state index is 0.119. The summed E-state index contributed by atoms with van der Waals surface area (Å²) < 4.78 is 1.11. The molecule has 0 aliphatic rings. The summed E-state index contributed by atoms with van der Waals surface area (Å²) in [6.07, 6.45) is 0.324. The van der Waals surface area contributed by atoms with E-state index in [0.29, 0.717) is 18.2 Å². The lowest BCUT2D eigenvalue weighted by molar-refractivity contribution is -0.115. The number of aromatic amines is 1. The first-order valence-corrected chi connectivity index (χ1v) is 6.14. The molecule has 1 aromatic heterocycles. The molecule has 17 heavy (non-hydrogen) atoms. The van der Waals surface area contributed by atoms with Crippen LogP contribution in [0.5, 0.6) is 0 Å². The van der Waals surface area contributed by atoms with Crippen molar-refractivity contribution < 1.29 is 4.79 Å². The van der Waals surface area contributed by atoms with Crippen molar-refractivity contribution in [1.29, 1.82) is 0 Å². The van der Waals surface area contributed by atoms with Crippen LogP contribution >= 0.6 is 22.6 Å². The highest BCUT2D eigenvalue weighted by atomic mass is 127. The fourth-order valence-corrected chi connectivity index (χ4v) is 2.01. The predicted octanol–water partition coefficient (Wildman–Crippen LogP) is 1.90. The van der Waals surface area contributed by atoms with E-state index in [1.165, 1.54) is 0 Å². The van der Waals surface area contributed by atoms with Crippen LogP contribution in [0.15, 0.2) is 24.3 Å². The third-order valence-electron chi connectivity index (χ3n) is 2.10. The van der Waals surface area contributed by atoms with E-state index in [1.807, 2.05) is 24.3 Å². The minimum Gasteiger partial charge on any atom is -0.293 e. The second-order valence-electron chi connectivity index (χ2n) is 3.60. The number of hydrogen-bond donors (Lipinski definition) is 2. The normalized spacial score (nSPS) is 10.2. The molecule has 2 N–H and O–H groups in total. The fraction of sp³-hybridized carbons (Fsp3) is 0.182. The van der Waals surface area contributed by atoms with Crippen LogP contribution in [0, 0.1) is 10.5 Å². The highest BCUT2D eigenvalue weighted by Crippen LogP contribution is 2.09. The van der Waals surface area contributed by atoms with Crippen molar-refractivity contribution in [2.45, 2.75) is 13.3 Å². The van der Waals surface area contributed by atoms with Gasteiger partial charge in [0.2, 0.25) is 11.9 Å². The Morgan fingerprint density at radius 1 is 1.53 bits per heavy atom. The van der Waals surface area contributed by atoms with Crippen LogP contribution < -0.4 is 5.32 Å². The Morgan fingerprint density at radius 2 is 2.35 bits per heavy atom. The van der Waals surface area contributed by atoms with E-state index in [1.54, 1.807) is 6.92 Å². The molecule has 88 valence electrons. The number of nitrogens with one attached hydrogen (secondary N) is 2. The number of hydrogen-bond acceptors (Lipinski definition) is 3. The SMILES string of the molecule is Cc1nc(NC(=O)Cc2cccc(I)c2)n[nH]1. The number of anilines is 1. The van der Waals surface area contributed by atoms with Gasteiger partial charge in [-0.1, -0.05) is 12.1 Å². The number of carbonyl (C=O) groups is 1. The maximum atomic E-state index is 11.7. The summed E-state index contributed by atoms with van der Waals surface area (Å²) >= 11 is 2.22. The van der Waals surface area contributed by atoms with E-state index in [0.717, 1.165) is 9.13 Å². The molecule has 5 nitrogen and oxygen atoms in total. The third kappa shape index (κ3) is 3.52. The van der Waals surface area contributed by atoms with Gasteiger partial charge in [0.1, 0.15) is 5.82 Å². The minimum atomic E-state index is -0.119. The highest BCUT2D eigenvalue weighted by molar-refractivity contribution is 14.1. The predicted molar refractivity (Wildman–Crippen MR) is 72.6 cm³/mol. The molecule has 6 heteroatoms. The molecule has 1 heterocycles. The molecule has 0 fully saturated rings. The zero-order chi connectivity index (χ0) is 12.3.